The van der Waals surface area contributed by atoms with Gasteiger partial charge in [-0.3, -0.25) is 9.69 Å². The third kappa shape index (κ3) is 4.21. The van der Waals surface area contributed by atoms with E-state index < -0.39 is 9.84 Å². The van der Waals surface area contributed by atoms with Crippen molar-refractivity contribution in [1.82, 2.24) is 14.8 Å². The molecule has 2 heterocycles. The standard InChI is InChI=1S/C22H27N3O3S/c1-17-6-9-20(10-7-17)29(27,28)21-11-8-18(16-23-21)22(26)25-14-12-24(13-15-25)19-4-2-3-5-19/h6-11,16,19H,2-5,12-15H2,1H3. The monoisotopic (exact) mass is 413 g/mol. The first-order chi connectivity index (χ1) is 13.9. The van der Waals surface area contributed by atoms with Crippen LogP contribution in [0.4, 0.5) is 0 Å². The van der Waals surface area contributed by atoms with Gasteiger partial charge in [0.05, 0.1) is 10.5 Å². The molecule has 0 spiro atoms. The zero-order chi connectivity index (χ0) is 20.4. The first-order valence-electron chi connectivity index (χ1n) is 10.3. The third-order valence-corrected chi connectivity index (χ3v) is 7.72. The van der Waals surface area contributed by atoms with Gasteiger partial charge in [-0.25, -0.2) is 13.4 Å². The minimum absolute atomic E-state index is 0.0380. The molecule has 0 N–H and O–H groups in total. The topological polar surface area (TPSA) is 70.6 Å². The SMILES string of the molecule is Cc1ccc(S(=O)(=O)c2ccc(C(=O)N3CCN(C4CCCC4)CC3)cn2)cc1. The van der Waals surface area contributed by atoms with Gasteiger partial charge in [-0.15, -0.1) is 0 Å². The summed E-state index contributed by atoms with van der Waals surface area (Å²) in [6.45, 7) is 5.13. The lowest BCUT2D eigenvalue weighted by molar-refractivity contribution is 0.0573. The number of pyridine rings is 1. The molecule has 7 heteroatoms. The summed E-state index contributed by atoms with van der Waals surface area (Å²) in [5, 5.41) is -0.0380. The second-order valence-electron chi connectivity index (χ2n) is 7.97. The lowest BCUT2D eigenvalue weighted by Crippen LogP contribution is -2.51. The van der Waals surface area contributed by atoms with E-state index in [1.807, 2.05) is 11.8 Å². The van der Waals surface area contributed by atoms with Crippen LogP contribution in [-0.4, -0.2) is 61.3 Å². The van der Waals surface area contributed by atoms with Gasteiger partial charge in [-0.05, 0) is 44.0 Å². The molecule has 1 aliphatic heterocycles. The number of amides is 1. The van der Waals surface area contributed by atoms with Crippen LogP contribution in [0, 0.1) is 6.92 Å². The molecule has 0 unspecified atom stereocenters. The number of benzene rings is 1. The summed E-state index contributed by atoms with van der Waals surface area (Å²) in [6.07, 6.45) is 6.55. The fourth-order valence-corrected chi connectivity index (χ4v) is 5.42. The highest BCUT2D eigenvalue weighted by Gasteiger charge is 2.28. The summed E-state index contributed by atoms with van der Waals surface area (Å²) in [5.41, 5.74) is 1.42. The van der Waals surface area contributed by atoms with Crippen molar-refractivity contribution in [3.63, 3.8) is 0 Å². The number of sulfone groups is 1. The zero-order valence-corrected chi connectivity index (χ0v) is 17.6. The molecule has 1 saturated carbocycles. The number of hydrogen-bond acceptors (Lipinski definition) is 5. The van der Waals surface area contributed by atoms with Crippen molar-refractivity contribution < 1.29 is 13.2 Å². The van der Waals surface area contributed by atoms with E-state index in [2.05, 4.69) is 9.88 Å². The van der Waals surface area contributed by atoms with Crippen molar-refractivity contribution in [2.24, 2.45) is 0 Å². The number of carbonyl (C=O) groups excluding carboxylic acids is 1. The molecular weight excluding hydrogens is 386 g/mol. The van der Waals surface area contributed by atoms with Crippen molar-refractivity contribution in [1.29, 1.82) is 0 Å². The fraction of sp³-hybridized carbons (Fsp3) is 0.455. The normalized spacial score (nSPS) is 18.9. The number of rotatable bonds is 4. The van der Waals surface area contributed by atoms with E-state index >= 15 is 0 Å². The van der Waals surface area contributed by atoms with Crippen LogP contribution in [0.25, 0.3) is 0 Å². The molecule has 1 aromatic heterocycles. The number of aromatic nitrogens is 1. The Morgan fingerprint density at radius 1 is 0.966 bits per heavy atom. The highest BCUT2D eigenvalue weighted by molar-refractivity contribution is 7.91. The van der Waals surface area contributed by atoms with Crippen LogP contribution in [-0.2, 0) is 9.84 Å². The molecule has 1 saturated heterocycles. The maximum absolute atomic E-state index is 12.8. The molecule has 2 aliphatic rings. The Kier molecular flexibility index (Phi) is 5.69. The number of aryl methyl sites for hydroxylation is 1. The van der Waals surface area contributed by atoms with Crippen molar-refractivity contribution in [2.45, 2.75) is 48.6 Å². The van der Waals surface area contributed by atoms with E-state index in [1.54, 1.807) is 30.3 Å². The molecule has 1 aliphatic carbocycles. The van der Waals surface area contributed by atoms with Crippen LogP contribution < -0.4 is 0 Å². The fourth-order valence-electron chi connectivity index (χ4n) is 4.25. The van der Waals surface area contributed by atoms with E-state index in [0.717, 1.165) is 18.7 Å². The summed E-state index contributed by atoms with van der Waals surface area (Å²) in [5.74, 6) is -0.0807. The number of carbonyl (C=O) groups is 1. The summed E-state index contributed by atoms with van der Waals surface area (Å²) in [4.78, 5) is 21.5. The molecule has 29 heavy (non-hydrogen) atoms. The number of hydrogen-bond donors (Lipinski definition) is 0. The van der Waals surface area contributed by atoms with Gasteiger partial charge in [0, 0.05) is 38.4 Å². The predicted molar refractivity (Wildman–Crippen MR) is 111 cm³/mol. The van der Waals surface area contributed by atoms with Crippen LogP contribution in [0.5, 0.6) is 0 Å². The Bertz CT molecular complexity index is 957. The highest BCUT2D eigenvalue weighted by atomic mass is 32.2. The van der Waals surface area contributed by atoms with Gasteiger partial charge in [-0.1, -0.05) is 30.5 Å². The molecule has 1 amide bonds. The van der Waals surface area contributed by atoms with Crippen molar-refractivity contribution in [3.8, 4) is 0 Å². The first kappa shape index (κ1) is 20.0. The van der Waals surface area contributed by atoms with Crippen LogP contribution in [0.15, 0.2) is 52.5 Å². The van der Waals surface area contributed by atoms with Gasteiger partial charge in [-0.2, -0.15) is 0 Å². The van der Waals surface area contributed by atoms with Crippen LogP contribution in [0.2, 0.25) is 0 Å². The van der Waals surface area contributed by atoms with E-state index in [9.17, 15) is 13.2 Å². The van der Waals surface area contributed by atoms with Gasteiger partial charge in [0.15, 0.2) is 5.03 Å². The molecule has 0 bridgehead atoms. The first-order valence-corrected chi connectivity index (χ1v) is 11.7. The Morgan fingerprint density at radius 3 is 2.21 bits per heavy atom. The molecule has 4 rings (SSSR count). The van der Waals surface area contributed by atoms with Gasteiger partial charge in [0.25, 0.3) is 5.91 Å². The Labute approximate surface area is 172 Å². The smallest absolute Gasteiger partial charge is 0.255 e. The van der Waals surface area contributed by atoms with E-state index in [0.29, 0.717) is 24.7 Å². The largest absolute Gasteiger partial charge is 0.336 e. The maximum atomic E-state index is 12.8. The van der Waals surface area contributed by atoms with Crippen molar-refractivity contribution in [3.05, 3.63) is 53.7 Å². The Morgan fingerprint density at radius 2 is 1.62 bits per heavy atom. The summed E-state index contributed by atoms with van der Waals surface area (Å²) >= 11 is 0. The van der Waals surface area contributed by atoms with Crippen molar-refractivity contribution in [2.75, 3.05) is 26.2 Å². The van der Waals surface area contributed by atoms with Gasteiger partial charge >= 0.3 is 0 Å². The average Bonchev–Trinajstić information content (AvgIpc) is 3.29. The molecule has 6 nitrogen and oxygen atoms in total. The summed E-state index contributed by atoms with van der Waals surface area (Å²) < 4.78 is 25.5. The van der Waals surface area contributed by atoms with Gasteiger partial charge < -0.3 is 4.90 Å². The quantitative estimate of drug-likeness (QED) is 0.771. The second kappa shape index (κ2) is 8.24. The third-order valence-electron chi connectivity index (χ3n) is 6.03. The number of nitrogens with zero attached hydrogens (tertiary/aromatic N) is 3. The highest BCUT2D eigenvalue weighted by Crippen LogP contribution is 2.25. The minimum Gasteiger partial charge on any atom is -0.336 e. The number of piperazine rings is 1. The molecule has 0 radical (unpaired) electrons. The Hall–Kier alpha value is -2.25. The lowest BCUT2D eigenvalue weighted by atomic mass is 10.1. The van der Waals surface area contributed by atoms with Crippen molar-refractivity contribution >= 4 is 15.7 Å². The molecular formula is C22H27N3O3S. The average molecular weight is 414 g/mol. The Balaban J connectivity index is 1.42. The predicted octanol–water partition coefficient (Wildman–Crippen LogP) is 2.92. The van der Waals surface area contributed by atoms with Gasteiger partial charge in [0.2, 0.25) is 9.84 Å². The maximum Gasteiger partial charge on any atom is 0.255 e. The van der Waals surface area contributed by atoms with Crippen LogP contribution in [0.3, 0.4) is 0 Å². The summed E-state index contributed by atoms with van der Waals surface area (Å²) in [7, 11) is -3.68. The second-order valence-corrected chi connectivity index (χ2v) is 9.86. The van der Waals surface area contributed by atoms with Gasteiger partial charge in [0.1, 0.15) is 0 Å². The lowest BCUT2D eigenvalue weighted by Gasteiger charge is -2.38. The van der Waals surface area contributed by atoms with E-state index in [1.165, 1.54) is 37.9 Å². The summed E-state index contributed by atoms with van der Waals surface area (Å²) in [6, 6.07) is 10.4. The van der Waals surface area contributed by atoms with Crippen LogP contribution in [0.1, 0.15) is 41.6 Å². The molecule has 1 aromatic carbocycles. The molecule has 154 valence electrons. The minimum atomic E-state index is -3.68. The molecule has 2 aromatic rings. The molecule has 2 fully saturated rings. The zero-order valence-electron chi connectivity index (χ0n) is 16.8. The van der Waals surface area contributed by atoms with Crippen LogP contribution >= 0.6 is 0 Å². The van der Waals surface area contributed by atoms with E-state index in [-0.39, 0.29) is 15.8 Å². The molecule has 0 atom stereocenters. The van der Waals surface area contributed by atoms with E-state index in [4.69, 9.17) is 0 Å².